The van der Waals surface area contributed by atoms with Crippen LogP contribution in [-0.2, 0) is 11.2 Å². The van der Waals surface area contributed by atoms with Gasteiger partial charge in [0.15, 0.2) is 5.90 Å². The van der Waals surface area contributed by atoms with Gasteiger partial charge in [0.2, 0.25) is 0 Å². The number of benzene rings is 1. The van der Waals surface area contributed by atoms with E-state index in [1.54, 1.807) is 12.1 Å². The molecule has 0 radical (unpaired) electrons. The van der Waals surface area contributed by atoms with Crippen molar-refractivity contribution in [3.8, 4) is 11.3 Å². The number of rotatable bonds is 11. The summed E-state index contributed by atoms with van der Waals surface area (Å²) in [6.45, 7) is 6.49. The molecule has 4 fully saturated rings. The Bertz CT molecular complexity index is 1430. The van der Waals surface area contributed by atoms with E-state index in [-0.39, 0.29) is 17.6 Å². The Morgan fingerprint density at radius 3 is 2.73 bits per heavy atom. The number of hydrogen-bond donors (Lipinski definition) is 1. The molecule has 1 saturated heterocycles. The zero-order valence-corrected chi connectivity index (χ0v) is 25.6. The van der Waals surface area contributed by atoms with Crippen LogP contribution in [0.3, 0.4) is 0 Å². The minimum Gasteiger partial charge on any atom is -0.484 e. The fourth-order valence-corrected chi connectivity index (χ4v) is 8.46. The van der Waals surface area contributed by atoms with E-state index in [0.717, 1.165) is 87.7 Å². The van der Waals surface area contributed by atoms with E-state index in [1.165, 1.54) is 44.9 Å². The maximum atomic E-state index is 13.6. The second-order valence-electron chi connectivity index (χ2n) is 12.6. The van der Waals surface area contributed by atoms with Crippen LogP contribution in [0.1, 0.15) is 76.0 Å². The topological polar surface area (TPSA) is 49.5 Å². The summed E-state index contributed by atoms with van der Waals surface area (Å²) in [6, 6.07) is 9.06. The molecule has 5 atom stereocenters. The molecule has 41 heavy (non-hydrogen) atoms. The summed E-state index contributed by atoms with van der Waals surface area (Å²) in [5.41, 5.74) is 4.80. The van der Waals surface area contributed by atoms with Gasteiger partial charge in [0, 0.05) is 29.6 Å². The molecule has 1 N–H and O–H groups in total. The van der Waals surface area contributed by atoms with E-state index in [9.17, 15) is 4.39 Å². The number of thiocarbonyl (C=S) groups is 2. The van der Waals surface area contributed by atoms with Gasteiger partial charge in [-0.1, -0.05) is 37.9 Å². The molecular formula is C34H39FN2O2S2. The molecule has 0 amide bonds. The van der Waals surface area contributed by atoms with Gasteiger partial charge in [-0.15, -0.1) is 0 Å². The number of likely N-dealkylation sites (tertiary alicyclic amines) is 1. The number of nitrogens with one attached hydrogen (secondary N) is 1. The second kappa shape index (κ2) is 11.2. The van der Waals surface area contributed by atoms with Gasteiger partial charge >= 0.3 is 0 Å². The van der Waals surface area contributed by atoms with Crippen molar-refractivity contribution in [1.82, 2.24) is 4.90 Å². The number of methoxy groups -OCH3 is 1. The molecule has 5 unspecified atom stereocenters. The van der Waals surface area contributed by atoms with Gasteiger partial charge in [0.05, 0.1) is 12.1 Å². The average molecular weight is 591 g/mol. The van der Waals surface area contributed by atoms with Crippen molar-refractivity contribution in [2.24, 2.45) is 23.2 Å². The summed E-state index contributed by atoms with van der Waals surface area (Å²) in [7, 11) is 1.53. The lowest BCUT2D eigenvalue weighted by molar-refractivity contribution is 0.163. The number of ether oxygens (including phenoxy) is 1. The summed E-state index contributed by atoms with van der Waals surface area (Å²) >= 11 is 11.5. The van der Waals surface area contributed by atoms with Gasteiger partial charge in [-0.25, -0.2) is 4.39 Å². The summed E-state index contributed by atoms with van der Waals surface area (Å²) in [4.78, 5) is 4.36. The minimum atomic E-state index is -0.262. The minimum absolute atomic E-state index is 0.00728. The summed E-state index contributed by atoms with van der Waals surface area (Å²) < 4.78 is 25.1. The third-order valence-corrected chi connectivity index (χ3v) is 10.9. The average Bonchev–Trinajstić information content (AvgIpc) is 3.44. The zero-order chi connectivity index (χ0) is 28.9. The number of hydrogen-bond acceptors (Lipinski definition) is 5. The van der Waals surface area contributed by atoms with E-state index in [0.29, 0.717) is 17.9 Å². The molecule has 1 spiro atoms. The number of aryl methyl sites for hydroxylation is 1. The second-order valence-corrected chi connectivity index (χ2v) is 13.6. The van der Waals surface area contributed by atoms with E-state index in [4.69, 9.17) is 39.0 Å². The number of unbranched alkanes of at least 4 members (excludes halogenated alkanes) is 1. The van der Waals surface area contributed by atoms with Gasteiger partial charge < -0.3 is 14.1 Å². The standard InChI is InChI=1S/C34H39FN2O2S2/c1-20(33(36)38-3)14-27(40)7-5-4-6-23-15-30(22-8-10-26(35)11-9-22)39-31(23)16-24-17-32(41)37(21(24)2)29-18-25-12-13-34(25)19-28(29)34/h8-11,15-16,20,25,28-29,36H,2,4-7,12-14,17-19H2,1,3H3/b24-16+,36-33?. The van der Waals surface area contributed by atoms with Crippen molar-refractivity contribution in [3.05, 3.63) is 65.3 Å². The monoisotopic (exact) mass is 590 g/mol. The first-order valence-electron chi connectivity index (χ1n) is 14.9. The van der Waals surface area contributed by atoms with Crippen LogP contribution >= 0.6 is 24.4 Å². The van der Waals surface area contributed by atoms with Crippen molar-refractivity contribution < 1.29 is 13.5 Å². The van der Waals surface area contributed by atoms with Gasteiger partial charge in [0.1, 0.15) is 17.3 Å². The number of furan rings is 1. The molecule has 3 aliphatic carbocycles. The Kier molecular flexibility index (Phi) is 7.79. The van der Waals surface area contributed by atoms with Crippen LogP contribution in [0.5, 0.6) is 0 Å². The highest BCUT2D eigenvalue weighted by Crippen LogP contribution is 2.77. The van der Waals surface area contributed by atoms with Gasteiger partial charge in [0.25, 0.3) is 0 Å². The van der Waals surface area contributed by atoms with Crippen LogP contribution in [-0.4, -0.2) is 33.8 Å². The fourth-order valence-electron chi connectivity index (χ4n) is 7.66. The van der Waals surface area contributed by atoms with Gasteiger partial charge in [-0.3, -0.25) is 5.41 Å². The summed E-state index contributed by atoms with van der Waals surface area (Å²) in [5, 5.41) is 7.85. The van der Waals surface area contributed by atoms with E-state index >= 15 is 0 Å². The first kappa shape index (κ1) is 28.5. The molecule has 1 aromatic carbocycles. The van der Waals surface area contributed by atoms with Crippen LogP contribution in [0.4, 0.5) is 4.39 Å². The Morgan fingerprint density at radius 1 is 1.32 bits per heavy atom. The number of allylic oxidation sites excluding steroid dienone is 1. The Hall–Kier alpha value is -2.64. The maximum Gasteiger partial charge on any atom is 0.183 e. The molecule has 1 aromatic heterocycles. The van der Waals surface area contributed by atoms with Crippen LogP contribution in [0.15, 0.2) is 52.6 Å². The molecule has 216 valence electrons. The Balaban J connectivity index is 1.16. The van der Waals surface area contributed by atoms with E-state index in [2.05, 4.69) is 23.6 Å². The highest BCUT2D eigenvalue weighted by Gasteiger charge is 2.72. The molecule has 4 aliphatic rings. The molecule has 6 rings (SSSR count). The van der Waals surface area contributed by atoms with E-state index in [1.807, 2.05) is 6.92 Å². The maximum absolute atomic E-state index is 13.6. The molecule has 1 aliphatic heterocycles. The predicted molar refractivity (Wildman–Crippen MR) is 171 cm³/mol. The lowest BCUT2D eigenvalue weighted by Gasteiger charge is -2.34. The van der Waals surface area contributed by atoms with Crippen LogP contribution in [0.25, 0.3) is 17.4 Å². The van der Waals surface area contributed by atoms with Crippen LogP contribution in [0, 0.1) is 34.4 Å². The Morgan fingerprint density at radius 2 is 2.10 bits per heavy atom. The molecule has 4 nitrogen and oxygen atoms in total. The van der Waals surface area contributed by atoms with Gasteiger partial charge in [-0.05, 0) is 127 Å². The SMILES string of the molecule is C=C1/C(=C/c2oc(-c3ccc(F)cc3)cc2CCCCC(=S)CC(C)C(=N)OC)CC(=S)N1C1CC2CCC23CC13. The van der Waals surface area contributed by atoms with Crippen molar-refractivity contribution in [3.63, 3.8) is 0 Å². The number of nitrogens with zero attached hydrogens (tertiary/aromatic N) is 1. The third-order valence-electron chi connectivity index (χ3n) is 10.2. The predicted octanol–water partition coefficient (Wildman–Crippen LogP) is 8.94. The van der Waals surface area contributed by atoms with Crippen molar-refractivity contribution in [1.29, 1.82) is 5.41 Å². The van der Waals surface area contributed by atoms with Crippen molar-refractivity contribution in [2.45, 2.75) is 77.2 Å². The highest BCUT2D eigenvalue weighted by molar-refractivity contribution is 7.80. The van der Waals surface area contributed by atoms with E-state index < -0.39 is 0 Å². The largest absolute Gasteiger partial charge is 0.484 e. The molecule has 0 bridgehead atoms. The fraction of sp³-hybridized carbons (Fsp3) is 0.500. The molecular weight excluding hydrogens is 552 g/mol. The third kappa shape index (κ3) is 5.36. The lowest BCUT2D eigenvalue weighted by atomic mass is 9.71. The highest BCUT2D eigenvalue weighted by atomic mass is 32.1. The van der Waals surface area contributed by atoms with Crippen LogP contribution in [0.2, 0.25) is 0 Å². The first-order valence-corrected chi connectivity index (χ1v) is 15.8. The first-order chi connectivity index (χ1) is 19.7. The van der Waals surface area contributed by atoms with Crippen molar-refractivity contribution in [2.75, 3.05) is 7.11 Å². The lowest BCUT2D eigenvalue weighted by Crippen LogP contribution is -2.34. The Labute approximate surface area is 253 Å². The summed E-state index contributed by atoms with van der Waals surface area (Å²) in [6.07, 6.45) is 12.6. The zero-order valence-electron chi connectivity index (χ0n) is 24.0. The summed E-state index contributed by atoms with van der Waals surface area (Å²) in [5.74, 6) is 3.28. The van der Waals surface area contributed by atoms with Crippen molar-refractivity contribution >= 4 is 46.3 Å². The molecule has 3 saturated carbocycles. The molecule has 2 aromatic rings. The molecule has 2 heterocycles. The van der Waals surface area contributed by atoms with Crippen LogP contribution < -0.4 is 0 Å². The van der Waals surface area contributed by atoms with Gasteiger partial charge in [-0.2, -0.15) is 0 Å². The smallest absolute Gasteiger partial charge is 0.183 e. The normalized spacial score (nSPS) is 27.9. The quantitative estimate of drug-likeness (QED) is 0.123. The number of halogens is 1. The molecule has 7 heteroatoms.